The molecule has 0 saturated heterocycles. The first-order valence-electron chi connectivity index (χ1n) is 8.47. The molecule has 0 saturated carbocycles. The first kappa shape index (κ1) is 19.4. The minimum Gasteiger partial charge on any atom is -0.311 e. The molecule has 0 spiro atoms. The van der Waals surface area contributed by atoms with Crippen LogP contribution in [0, 0.1) is 0 Å². The van der Waals surface area contributed by atoms with Crippen LogP contribution in [0.25, 0.3) is 0 Å². The Labute approximate surface area is 137 Å². The predicted octanol–water partition coefficient (Wildman–Crippen LogP) is 5.13. The van der Waals surface area contributed by atoms with E-state index < -0.39 is 18.4 Å². The van der Waals surface area contributed by atoms with Gasteiger partial charge >= 0.3 is 0 Å². The molecule has 0 aliphatic heterocycles. The van der Waals surface area contributed by atoms with Crippen molar-refractivity contribution in [1.29, 1.82) is 0 Å². The summed E-state index contributed by atoms with van der Waals surface area (Å²) in [4.78, 5) is 0.296. The summed E-state index contributed by atoms with van der Waals surface area (Å²) in [6, 6.07) is 9.86. The average Bonchev–Trinajstić information content (AvgIpc) is 2.47. The Morgan fingerprint density at radius 3 is 1.68 bits per heavy atom. The zero-order valence-corrected chi connectivity index (χ0v) is 16.2. The Morgan fingerprint density at radius 1 is 0.864 bits per heavy atom. The van der Waals surface area contributed by atoms with E-state index in [1.54, 1.807) is 12.1 Å². The largest absolute Gasteiger partial charge is 0.311 e. The molecular formula is C17H30O3SSi. The van der Waals surface area contributed by atoms with Gasteiger partial charge in [-0.2, -0.15) is 8.42 Å². The van der Waals surface area contributed by atoms with Crippen molar-refractivity contribution in [1.82, 2.24) is 0 Å². The second-order valence-electron chi connectivity index (χ2n) is 5.97. The van der Waals surface area contributed by atoms with E-state index in [0.29, 0.717) is 4.90 Å². The first-order chi connectivity index (χ1) is 10.4. The summed E-state index contributed by atoms with van der Waals surface area (Å²) in [6.45, 7) is 8.39. The second-order valence-corrected chi connectivity index (χ2v) is 11.9. The third kappa shape index (κ3) is 5.21. The summed E-state index contributed by atoms with van der Waals surface area (Å²) < 4.78 is 31.3. The van der Waals surface area contributed by atoms with Gasteiger partial charge in [0.15, 0.2) is 0 Å². The monoisotopic (exact) mass is 342 g/mol. The number of rotatable bonds is 10. The van der Waals surface area contributed by atoms with Crippen molar-refractivity contribution >= 4 is 18.4 Å². The van der Waals surface area contributed by atoms with E-state index in [-0.39, 0.29) is 0 Å². The molecule has 0 aliphatic rings. The molecular weight excluding hydrogens is 312 g/mol. The molecule has 0 unspecified atom stereocenters. The zero-order chi connectivity index (χ0) is 16.6. The Balaban J connectivity index is 3.06. The predicted molar refractivity (Wildman–Crippen MR) is 95.1 cm³/mol. The third-order valence-corrected chi connectivity index (χ3v) is 11.4. The smallest absolute Gasteiger partial charge is 0.287 e. The van der Waals surface area contributed by atoms with Crippen LogP contribution >= 0.6 is 0 Å². The van der Waals surface area contributed by atoms with E-state index in [0.717, 1.165) is 49.4 Å². The molecule has 0 atom stereocenters. The molecule has 0 heterocycles. The lowest BCUT2D eigenvalue weighted by molar-refractivity contribution is 0.469. The summed E-state index contributed by atoms with van der Waals surface area (Å²) in [5.41, 5.74) is 1.14. The van der Waals surface area contributed by atoms with Gasteiger partial charge in [-0.1, -0.05) is 59.1 Å². The number of benzene rings is 1. The Hall–Kier alpha value is -0.653. The lowest BCUT2D eigenvalue weighted by Gasteiger charge is -2.30. The van der Waals surface area contributed by atoms with Crippen LogP contribution < -0.4 is 0 Å². The summed E-state index contributed by atoms with van der Waals surface area (Å²) in [7, 11) is -5.87. The van der Waals surface area contributed by atoms with Crippen molar-refractivity contribution < 1.29 is 12.3 Å². The van der Waals surface area contributed by atoms with Gasteiger partial charge in [0.25, 0.3) is 10.1 Å². The van der Waals surface area contributed by atoms with Crippen LogP contribution in [0.5, 0.6) is 0 Å². The van der Waals surface area contributed by atoms with Gasteiger partial charge in [0.2, 0.25) is 8.32 Å². The molecule has 1 aromatic rings. The highest BCUT2D eigenvalue weighted by molar-refractivity contribution is 7.87. The summed E-state index contributed by atoms with van der Waals surface area (Å²) >= 11 is 0. The van der Waals surface area contributed by atoms with Gasteiger partial charge in [-0.05, 0) is 42.2 Å². The van der Waals surface area contributed by atoms with Crippen molar-refractivity contribution in [3.05, 3.63) is 29.8 Å². The highest BCUT2D eigenvalue weighted by Gasteiger charge is 2.38. The topological polar surface area (TPSA) is 43.4 Å². The zero-order valence-electron chi connectivity index (χ0n) is 14.4. The number of aryl methyl sites for hydroxylation is 1. The Bertz CT molecular complexity index is 521. The lowest BCUT2D eigenvalue weighted by atomic mass is 10.2. The maximum atomic E-state index is 12.7. The fourth-order valence-electron chi connectivity index (χ4n) is 3.04. The number of hydrogen-bond donors (Lipinski definition) is 0. The molecule has 3 nitrogen and oxygen atoms in total. The van der Waals surface area contributed by atoms with Gasteiger partial charge in [0, 0.05) is 0 Å². The van der Waals surface area contributed by atoms with E-state index in [9.17, 15) is 8.42 Å². The molecule has 0 N–H and O–H groups in total. The molecule has 0 fully saturated rings. The molecule has 1 rings (SSSR count). The molecule has 126 valence electrons. The molecule has 0 radical (unpaired) electrons. The van der Waals surface area contributed by atoms with Crippen LogP contribution in [0.4, 0.5) is 0 Å². The van der Waals surface area contributed by atoms with Gasteiger partial charge in [-0.3, -0.25) is 0 Å². The molecule has 0 aliphatic carbocycles. The molecule has 0 bridgehead atoms. The maximum absolute atomic E-state index is 12.7. The quantitative estimate of drug-likeness (QED) is 0.554. The van der Waals surface area contributed by atoms with Crippen molar-refractivity contribution in [2.45, 2.75) is 76.4 Å². The molecule has 1 aromatic carbocycles. The summed E-state index contributed by atoms with van der Waals surface area (Å²) in [5, 5.41) is 0. The summed E-state index contributed by atoms with van der Waals surface area (Å²) in [5.74, 6) is 0. The second kappa shape index (κ2) is 8.84. The summed E-state index contributed by atoms with van der Waals surface area (Å²) in [6.07, 6.45) is 3.85. The SMILES string of the molecule is CCC[Si](CCC)(CCC)OS(=O)(=O)c1ccc(CC)cc1. The van der Waals surface area contributed by atoms with Gasteiger partial charge < -0.3 is 3.87 Å². The van der Waals surface area contributed by atoms with Crippen LogP contribution in [0.3, 0.4) is 0 Å². The Morgan fingerprint density at radius 2 is 1.32 bits per heavy atom. The van der Waals surface area contributed by atoms with Crippen LogP contribution in [-0.4, -0.2) is 16.7 Å². The fourth-order valence-corrected chi connectivity index (χ4v) is 10.2. The normalized spacial score (nSPS) is 12.5. The van der Waals surface area contributed by atoms with E-state index in [4.69, 9.17) is 3.87 Å². The van der Waals surface area contributed by atoms with Crippen molar-refractivity contribution in [3.63, 3.8) is 0 Å². The number of hydrogen-bond acceptors (Lipinski definition) is 3. The minimum absolute atomic E-state index is 0.296. The minimum atomic E-state index is -3.65. The van der Waals surface area contributed by atoms with Crippen molar-refractivity contribution in [2.24, 2.45) is 0 Å². The lowest BCUT2D eigenvalue weighted by Crippen LogP contribution is -2.40. The highest BCUT2D eigenvalue weighted by Crippen LogP contribution is 2.31. The molecule has 22 heavy (non-hydrogen) atoms. The highest BCUT2D eigenvalue weighted by atomic mass is 32.2. The molecule has 5 heteroatoms. The van der Waals surface area contributed by atoms with Crippen LogP contribution in [0.2, 0.25) is 18.1 Å². The first-order valence-corrected chi connectivity index (χ1v) is 12.4. The van der Waals surface area contributed by atoms with E-state index in [2.05, 4.69) is 27.7 Å². The maximum Gasteiger partial charge on any atom is 0.287 e. The van der Waals surface area contributed by atoms with Crippen molar-refractivity contribution in [2.75, 3.05) is 0 Å². The van der Waals surface area contributed by atoms with E-state index >= 15 is 0 Å². The van der Waals surface area contributed by atoms with Gasteiger partial charge in [0.1, 0.15) is 0 Å². The Kier molecular flexibility index (Phi) is 7.80. The van der Waals surface area contributed by atoms with Gasteiger partial charge in [-0.25, -0.2) is 0 Å². The van der Waals surface area contributed by atoms with Crippen LogP contribution in [0.1, 0.15) is 52.5 Å². The van der Waals surface area contributed by atoms with E-state index in [1.807, 2.05) is 12.1 Å². The fraction of sp³-hybridized carbons (Fsp3) is 0.647. The average molecular weight is 343 g/mol. The van der Waals surface area contributed by atoms with Crippen molar-refractivity contribution in [3.8, 4) is 0 Å². The van der Waals surface area contributed by atoms with Crippen LogP contribution in [0.15, 0.2) is 29.2 Å². The van der Waals surface area contributed by atoms with E-state index in [1.165, 1.54) is 0 Å². The van der Waals surface area contributed by atoms with Gasteiger partial charge in [-0.15, -0.1) is 0 Å². The van der Waals surface area contributed by atoms with Crippen LogP contribution in [-0.2, 0) is 20.4 Å². The third-order valence-electron chi connectivity index (χ3n) is 4.02. The molecule has 0 amide bonds. The standard InChI is InChI=1S/C17H30O3SSi/c1-5-13-22(14-6-2,15-7-3)20-21(18,19)17-11-9-16(8-4)10-12-17/h9-12H,5-8,13-15H2,1-4H3. The molecule has 0 aromatic heterocycles. The van der Waals surface area contributed by atoms with Gasteiger partial charge in [0.05, 0.1) is 4.90 Å².